The van der Waals surface area contributed by atoms with Gasteiger partial charge in [0.1, 0.15) is 11.7 Å². The zero-order valence-corrected chi connectivity index (χ0v) is 21.8. The zero-order valence-electron chi connectivity index (χ0n) is 21.8. The van der Waals surface area contributed by atoms with Gasteiger partial charge in [-0.15, -0.1) is 0 Å². The molecule has 0 aromatic carbocycles. The maximum atomic E-state index is 11.6. The molecule has 33 heavy (non-hydrogen) atoms. The number of hydrogen-bond acceptors (Lipinski definition) is 4. The third-order valence-corrected chi connectivity index (χ3v) is 11.6. The van der Waals surface area contributed by atoms with Crippen LogP contribution < -0.4 is 0 Å². The van der Waals surface area contributed by atoms with Gasteiger partial charge < -0.3 is 14.6 Å². The molecule has 0 radical (unpaired) electrons. The molecule has 0 aromatic rings. The summed E-state index contributed by atoms with van der Waals surface area (Å²) in [4.78, 5) is 11.6. The van der Waals surface area contributed by atoms with Crippen molar-refractivity contribution < 1.29 is 19.4 Å². The highest BCUT2D eigenvalue weighted by Crippen LogP contribution is 2.74. The van der Waals surface area contributed by atoms with E-state index in [0.717, 1.165) is 49.4 Å². The summed E-state index contributed by atoms with van der Waals surface area (Å²) in [6.07, 6.45) is 13.4. The van der Waals surface area contributed by atoms with E-state index < -0.39 is 0 Å². The Labute approximate surface area is 201 Å². The molecule has 5 fully saturated rings. The Hall–Kier alpha value is -0.610. The van der Waals surface area contributed by atoms with E-state index in [0.29, 0.717) is 17.3 Å². The fourth-order valence-electron chi connectivity index (χ4n) is 10.1. The fourth-order valence-corrected chi connectivity index (χ4v) is 10.1. The molecule has 188 valence electrons. The summed E-state index contributed by atoms with van der Waals surface area (Å²) in [6, 6.07) is 0. The molecular formula is C29H48O4. The number of epoxide rings is 1. The molecule has 4 nitrogen and oxygen atoms in total. The SMILES string of the molecule is CC(=O)O[C@H]1CC[C@]2(CO)[C@H]3CC[C@]4(C)[C@@H]([C@H](C)CCCC(C)C)CC[C@H]4[C@@H]3C[C@H]3O[C@]32C1. The molecule has 0 amide bonds. The zero-order chi connectivity index (χ0) is 23.6. The highest BCUT2D eigenvalue weighted by molar-refractivity contribution is 5.66. The number of hydrogen-bond donors (Lipinski definition) is 1. The summed E-state index contributed by atoms with van der Waals surface area (Å²) in [5.41, 5.74) is 0.0928. The largest absolute Gasteiger partial charge is 0.462 e. The molecule has 10 atom stereocenters. The van der Waals surface area contributed by atoms with Gasteiger partial charge in [-0.1, -0.05) is 47.0 Å². The lowest BCUT2D eigenvalue weighted by Gasteiger charge is -2.60. The molecule has 1 saturated heterocycles. The van der Waals surface area contributed by atoms with Crippen molar-refractivity contribution in [3.05, 3.63) is 0 Å². The number of carbonyl (C=O) groups is 1. The van der Waals surface area contributed by atoms with Crippen molar-refractivity contribution in [1.82, 2.24) is 0 Å². The highest BCUT2D eigenvalue weighted by atomic mass is 16.6. The Bertz CT molecular complexity index is 750. The highest BCUT2D eigenvalue weighted by Gasteiger charge is 2.77. The molecule has 4 saturated carbocycles. The first-order valence-corrected chi connectivity index (χ1v) is 14.1. The van der Waals surface area contributed by atoms with Crippen LogP contribution in [0.5, 0.6) is 0 Å². The lowest BCUT2D eigenvalue weighted by Crippen LogP contribution is -2.61. The minimum Gasteiger partial charge on any atom is -0.462 e. The monoisotopic (exact) mass is 460 g/mol. The van der Waals surface area contributed by atoms with Gasteiger partial charge in [-0.2, -0.15) is 0 Å². The molecule has 0 aromatic heterocycles. The fraction of sp³-hybridized carbons (Fsp3) is 0.966. The first-order valence-electron chi connectivity index (χ1n) is 14.1. The Morgan fingerprint density at radius 2 is 1.88 bits per heavy atom. The number of aliphatic hydroxyl groups excluding tert-OH is 1. The summed E-state index contributed by atoms with van der Waals surface area (Å²) >= 11 is 0. The van der Waals surface area contributed by atoms with E-state index in [1.165, 1.54) is 51.9 Å². The second kappa shape index (κ2) is 8.50. The molecular weight excluding hydrogens is 412 g/mol. The maximum Gasteiger partial charge on any atom is 0.302 e. The van der Waals surface area contributed by atoms with Gasteiger partial charge in [0, 0.05) is 18.8 Å². The number of esters is 1. The lowest BCUT2D eigenvalue weighted by atomic mass is 9.44. The molecule has 4 heteroatoms. The second-order valence-corrected chi connectivity index (χ2v) is 13.4. The van der Waals surface area contributed by atoms with Crippen LogP contribution in [0.25, 0.3) is 0 Å². The van der Waals surface area contributed by atoms with Crippen LogP contribution in [-0.2, 0) is 14.3 Å². The van der Waals surface area contributed by atoms with Crippen molar-refractivity contribution in [3.8, 4) is 0 Å². The van der Waals surface area contributed by atoms with Gasteiger partial charge in [-0.25, -0.2) is 0 Å². The summed E-state index contributed by atoms with van der Waals surface area (Å²) < 4.78 is 12.2. The minimum atomic E-state index is -0.239. The predicted octanol–water partition coefficient (Wildman–Crippen LogP) is 6.14. The molecule has 1 spiro atoms. The van der Waals surface area contributed by atoms with Gasteiger partial charge in [-0.05, 0) is 85.9 Å². The first kappa shape index (κ1) is 24.1. The molecule has 1 N–H and O–H groups in total. The van der Waals surface area contributed by atoms with Crippen molar-refractivity contribution in [2.24, 2.45) is 46.3 Å². The van der Waals surface area contributed by atoms with Crippen molar-refractivity contribution in [3.63, 3.8) is 0 Å². The summed E-state index contributed by atoms with van der Waals surface area (Å²) in [5.74, 6) is 4.33. The summed E-state index contributed by atoms with van der Waals surface area (Å²) in [5, 5.41) is 10.9. The van der Waals surface area contributed by atoms with Gasteiger partial charge in [0.2, 0.25) is 0 Å². The Morgan fingerprint density at radius 1 is 1.09 bits per heavy atom. The second-order valence-electron chi connectivity index (χ2n) is 13.4. The third kappa shape index (κ3) is 3.63. The number of fused-ring (bicyclic) bond motifs is 4. The Morgan fingerprint density at radius 3 is 2.58 bits per heavy atom. The van der Waals surface area contributed by atoms with Gasteiger partial charge in [0.15, 0.2) is 0 Å². The number of ether oxygens (including phenoxy) is 2. The maximum absolute atomic E-state index is 11.6. The van der Waals surface area contributed by atoms with Crippen LogP contribution in [0.4, 0.5) is 0 Å². The Kier molecular flexibility index (Phi) is 6.21. The van der Waals surface area contributed by atoms with Crippen molar-refractivity contribution in [2.75, 3.05) is 6.61 Å². The summed E-state index contributed by atoms with van der Waals surface area (Å²) in [6.45, 7) is 11.6. The van der Waals surface area contributed by atoms with Gasteiger partial charge in [-0.3, -0.25) is 4.79 Å². The van der Waals surface area contributed by atoms with E-state index in [-0.39, 0.29) is 35.8 Å². The van der Waals surface area contributed by atoms with Gasteiger partial charge >= 0.3 is 5.97 Å². The summed E-state index contributed by atoms with van der Waals surface area (Å²) in [7, 11) is 0. The normalized spacial score (nSPS) is 48.9. The minimum absolute atomic E-state index is 0.0415. The van der Waals surface area contributed by atoms with Crippen molar-refractivity contribution in [2.45, 2.75) is 123 Å². The molecule has 0 unspecified atom stereocenters. The van der Waals surface area contributed by atoms with Gasteiger partial charge in [0.25, 0.3) is 0 Å². The van der Waals surface area contributed by atoms with Crippen LogP contribution in [0.2, 0.25) is 0 Å². The van der Waals surface area contributed by atoms with Gasteiger partial charge in [0.05, 0.1) is 12.7 Å². The molecule has 5 rings (SSSR count). The molecule has 1 heterocycles. The van der Waals surface area contributed by atoms with E-state index in [4.69, 9.17) is 9.47 Å². The van der Waals surface area contributed by atoms with Crippen LogP contribution >= 0.6 is 0 Å². The average Bonchev–Trinajstić information content (AvgIpc) is 3.32. The topological polar surface area (TPSA) is 59.1 Å². The number of rotatable bonds is 7. The van der Waals surface area contributed by atoms with E-state index in [2.05, 4.69) is 27.7 Å². The molecule has 5 aliphatic rings. The molecule has 1 aliphatic heterocycles. The Balaban J connectivity index is 1.33. The first-order chi connectivity index (χ1) is 15.7. The van der Waals surface area contributed by atoms with E-state index in [9.17, 15) is 9.90 Å². The standard InChI is InChI=1S/C29H48O4/c1-18(2)7-6-8-19(3)23-9-10-24-22-15-26-29(33-26)16-21(32-20(4)31)11-14-28(29,17-30)25(22)12-13-27(23,24)5/h18-19,21-26,30H,6-17H2,1-5H3/t19-,21+,22+,23-,24+,25+,26-,27-,28+,29-/m1/s1. The van der Waals surface area contributed by atoms with Crippen LogP contribution in [0, 0.1) is 46.3 Å². The quantitative estimate of drug-likeness (QED) is 0.366. The van der Waals surface area contributed by atoms with E-state index in [1.807, 2.05) is 0 Å². The third-order valence-electron chi connectivity index (χ3n) is 11.6. The van der Waals surface area contributed by atoms with E-state index >= 15 is 0 Å². The van der Waals surface area contributed by atoms with Crippen molar-refractivity contribution in [1.29, 1.82) is 0 Å². The number of carbonyl (C=O) groups excluding carboxylic acids is 1. The van der Waals surface area contributed by atoms with E-state index in [1.54, 1.807) is 0 Å². The predicted molar refractivity (Wildman–Crippen MR) is 130 cm³/mol. The molecule has 4 aliphatic carbocycles. The van der Waals surface area contributed by atoms with Crippen LogP contribution in [0.1, 0.15) is 105 Å². The van der Waals surface area contributed by atoms with Crippen LogP contribution in [0.3, 0.4) is 0 Å². The van der Waals surface area contributed by atoms with Crippen LogP contribution in [-0.4, -0.2) is 35.5 Å². The lowest BCUT2D eigenvalue weighted by molar-refractivity contribution is -0.166. The van der Waals surface area contributed by atoms with Crippen LogP contribution in [0.15, 0.2) is 0 Å². The van der Waals surface area contributed by atoms with Crippen molar-refractivity contribution >= 4 is 5.97 Å². The smallest absolute Gasteiger partial charge is 0.302 e. The average molecular weight is 461 g/mol. The molecule has 0 bridgehead atoms. The number of aliphatic hydroxyl groups is 1.